The Kier molecular flexibility index (Phi) is 3.84. The number of nitro groups is 1. The molecule has 0 atom stereocenters. The lowest BCUT2D eigenvalue weighted by Crippen LogP contribution is -2.05. The van der Waals surface area contributed by atoms with E-state index >= 15 is 0 Å². The van der Waals surface area contributed by atoms with E-state index in [1.807, 2.05) is 0 Å². The number of anilines is 2. The molecule has 0 unspecified atom stereocenters. The molecule has 2 N–H and O–H groups in total. The Bertz CT molecular complexity index is 731. The normalized spacial score (nSPS) is 10.2. The van der Waals surface area contributed by atoms with Gasteiger partial charge in [-0.3, -0.25) is 10.1 Å². The first-order valence-electron chi connectivity index (χ1n) is 5.94. The second kappa shape index (κ2) is 5.58. The zero-order valence-electron chi connectivity index (χ0n) is 11.0. The first-order chi connectivity index (χ1) is 9.90. The number of carboxylic acids is 1. The number of benzene rings is 2. The van der Waals surface area contributed by atoms with Crippen LogP contribution in [0.25, 0.3) is 0 Å². The molecule has 21 heavy (non-hydrogen) atoms. The maximum atomic E-state index is 13.5. The second-order valence-corrected chi connectivity index (χ2v) is 4.33. The van der Waals surface area contributed by atoms with Crippen molar-refractivity contribution in [2.24, 2.45) is 0 Å². The molecule has 0 heterocycles. The van der Waals surface area contributed by atoms with E-state index in [9.17, 15) is 19.3 Å². The highest BCUT2D eigenvalue weighted by Gasteiger charge is 2.16. The van der Waals surface area contributed by atoms with Crippen LogP contribution in [0.3, 0.4) is 0 Å². The minimum atomic E-state index is -1.23. The van der Waals surface area contributed by atoms with Gasteiger partial charge in [-0.1, -0.05) is 6.07 Å². The lowest BCUT2D eigenvalue weighted by atomic mass is 10.1. The fourth-order valence-electron chi connectivity index (χ4n) is 1.82. The van der Waals surface area contributed by atoms with Crippen molar-refractivity contribution in [1.29, 1.82) is 0 Å². The van der Waals surface area contributed by atoms with Crippen molar-refractivity contribution in [3.05, 3.63) is 63.5 Å². The Balaban J connectivity index is 2.51. The van der Waals surface area contributed by atoms with E-state index in [0.29, 0.717) is 11.3 Å². The van der Waals surface area contributed by atoms with Crippen molar-refractivity contribution < 1.29 is 19.2 Å². The second-order valence-electron chi connectivity index (χ2n) is 4.33. The van der Waals surface area contributed by atoms with Crippen LogP contribution in [-0.2, 0) is 0 Å². The fourth-order valence-corrected chi connectivity index (χ4v) is 1.82. The fraction of sp³-hybridized carbons (Fsp3) is 0.0714. The zero-order chi connectivity index (χ0) is 15.6. The van der Waals surface area contributed by atoms with Crippen LogP contribution in [-0.4, -0.2) is 16.0 Å². The van der Waals surface area contributed by atoms with E-state index < -0.39 is 16.7 Å². The molecule has 7 heteroatoms. The van der Waals surface area contributed by atoms with Gasteiger partial charge in [0.1, 0.15) is 5.82 Å². The minimum absolute atomic E-state index is 0.0328. The van der Waals surface area contributed by atoms with Gasteiger partial charge in [0.25, 0.3) is 5.69 Å². The number of nitrogens with zero attached hydrogens (tertiary/aromatic N) is 1. The smallest absolute Gasteiger partial charge is 0.337 e. The highest BCUT2D eigenvalue weighted by atomic mass is 19.1. The number of aromatic carboxylic acids is 1. The molecule has 6 nitrogen and oxygen atoms in total. The number of carbonyl (C=O) groups is 1. The molecule has 0 saturated heterocycles. The Morgan fingerprint density at radius 1 is 1.29 bits per heavy atom. The predicted molar refractivity (Wildman–Crippen MR) is 74.5 cm³/mol. The summed E-state index contributed by atoms with van der Waals surface area (Å²) in [5, 5.41) is 22.6. The molecule has 0 aliphatic carbocycles. The van der Waals surface area contributed by atoms with Crippen LogP contribution in [0.4, 0.5) is 21.5 Å². The third kappa shape index (κ3) is 2.97. The first-order valence-corrected chi connectivity index (χ1v) is 5.94. The number of nitrogens with one attached hydrogen (secondary N) is 1. The van der Waals surface area contributed by atoms with E-state index in [4.69, 9.17) is 5.11 Å². The molecule has 0 spiro atoms. The Morgan fingerprint density at radius 2 is 2.00 bits per heavy atom. The van der Waals surface area contributed by atoms with Gasteiger partial charge < -0.3 is 10.4 Å². The molecule has 0 radical (unpaired) electrons. The molecular formula is C14H11FN2O4. The van der Waals surface area contributed by atoms with Crippen LogP contribution in [0.5, 0.6) is 0 Å². The van der Waals surface area contributed by atoms with Gasteiger partial charge in [-0.25, -0.2) is 9.18 Å². The molecule has 2 aromatic carbocycles. The van der Waals surface area contributed by atoms with E-state index in [1.54, 1.807) is 6.07 Å². The zero-order valence-corrected chi connectivity index (χ0v) is 11.0. The summed E-state index contributed by atoms with van der Waals surface area (Å²) in [5.41, 5.74) is 0.282. The van der Waals surface area contributed by atoms with E-state index in [2.05, 4.69) is 5.32 Å². The van der Waals surface area contributed by atoms with E-state index in [0.717, 1.165) is 18.2 Å². The van der Waals surface area contributed by atoms with Gasteiger partial charge in [-0.15, -0.1) is 0 Å². The van der Waals surface area contributed by atoms with Crippen LogP contribution in [0.2, 0.25) is 0 Å². The third-order valence-electron chi connectivity index (χ3n) is 2.98. The summed E-state index contributed by atoms with van der Waals surface area (Å²) in [5.74, 6) is -1.69. The van der Waals surface area contributed by atoms with Gasteiger partial charge in [0.05, 0.1) is 16.2 Å². The molecule has 0 fully saturated rings. The van der Waals surface area contributed by atoms with Gasteiger partial charge in [0.15, 0.2) is 0 Å². The summed E-state index contributed by atoms with van der Waals surface area (Å²) < 4.78 is 13.5. The minimum Gasteiger partial charge on any atom is -0.478 e. The van der Waals surface area contributed by atoms with Crippen LogP contribution in [0.15, 0.2) is 36.4 Å². The van der Waals surface area contributed by atoms with Crippen LogP contribution >= 0.6 is 0 Å². The van der Waals surface area contributed by atoms with Crippen LogP contribution in [0, 0.1) is 22.9 Å². The van der Waals surface area contributed by atoms with E-state index in [1.165, 1.54) is 19.1 Å². The number of halogens is 1. The van der Waals surface area contributed by atoms with Gasteiger partial charge in [-0.05, 0) is 25.1 Å². The average Bonchev–Trinajstić information content (AvgIpc) is 2.43. The summed E-state index contributed by atoms with van der Waals surface area (Å²) >= 11 is 0. The van der Waals surface area contributed by atoms with Crippen LogP contribution in [0.1, 0.15) is 15.9 Å². The summed E-state index contributed by atoms with van der Waals surface area (Å²) in [6, 6.07) is 7.63. The van der Waals surface area contributed by atoms with Crippen molar-refractivity contribution >= 4 is 23.0 Å². The molecular weight excluding hydrogens is 279 g/mol. The monoisotopic (exact) mass is 290 g/mol. The number of carboxylic acid groups (broad SMARTS) is 1. The third-order valence-corrected chi connectivity index (χ3v) is 2.98. The van der Waals surface area contributed by atoms with Gasteiger partial charge in [-0.2, -0.15) is 0 Å². The molecule has 2 aromatic rings. The Labute approximate surface area is 119 Å². The van der Waals surface area contributed by atoms with E-state index in [-0.39, 0.29) is 16.9 Å². The lowest BCUT2D eigenvalue weighted by Gasteiger charge is -2.12. The lowest BCUT2D eigenvalue weighted by molar-refractivity contribution is -0.384. The predicted octanol–water partition coefficient (Wildman–Crippen LogP) is 3.48. The summed E-state index contributed by atoms with van der Waals surface area (Å²) in [6.45, 7) is 1.52. The molecule has 108 valence electrons. The Morgan fingerprint density at radius 3 is 2.62 bits per heavy atom. The molecule has 0 saturated carbocycles. The standard InChI is InChI=1S/C14H11FN2O4/c1-8-11(15)3-2-4-12(8)16-13-7-9(17(20)21)5-6-10(13)14(18)19/h2-7,16H,1H3,(H,18,19). The Hall–Kier alpha value is -2.96. The molecule has 0 bridgehead atoms. The van der Waals surface area contributed by atoms with Crippen molar-refractivity contribution in [1.82, 2.24) is 0 Å². The molecule has 2 rings (SSSR count). The maximum Gasteiger partial charge on any atom is 0.337 e. The van der Waals surface area contributed by atoms with Gasteiger partial charge in [0, 0.05) is 23.4 Å². The topological polar surface area (TPSA) is 92.5 Å². The SMILES string of the molecule is Cc1c(F)cccc1Nc1cc([N+](=O)[O-])ccc1C(=O)O. The molecule has 0 aliphatic heterocycles. The highest BCUT2D eigenvalue weighted by molar-refractivity contribution is 5.96. The summed E-state index contributed by atoms with van der Waals surface area (Å²) in [7, 11) is 0. The number of hydrogen-bond donors (Lipinski definition) is 2. The number of non-ortho nitro benzene ring substituents is 1. The van der Waals surface area contributed by atoms with Crippen LogP contribution < -0.4 is 5.32 Å². The summed E-state index contributed by atoms with van der Waals surface area (Å²) in [6.07, 6.45) is 0. The quantitative estimate of drug-likeness (QED) is 0.664. The van der Waals surface area contributed by atoms with Gasteiger partial charge in [0.2, 0.25) is 0 Å². The molecule has 0 aromatic heterocycles. The number of rotatable bonds is 4. The van der Waals surface area contributed by atoms with Crippen molar-refractivity contribution in [3.8, 4) is 0 Å². The highest BCUT2D eigenvalue weighted by Crippen LogP contribution is 2.28. The average molecular weight is 290 g/mol. The van der Waals surface area contributed by atoms with Crippen molar-refractivity contribution in [3.63, 3.8) is 0 Å². The molecule has 0 aliphatic rings. The van der Waals surface area contributed by atoms with Gasteiger partial charge >= 0.3 is 5.97 Å². The van der Waals surface area contributed by atoms with Crippen molar-refractivity contribution in [2.45, 2.75) is 6.92 Å². The maximum absolute atomic E-state index is 13.5. The van der Waals surface area contributed by atoms with Crippen molar-refractivity contribution in [2.75, 3.05) is 5.32 Å². The number of nitro benzene ring substituents is 1. The molecule has 0 amide bonds. The summed E-state index contributed by atoms with van der Waals surface area (Å²) in [4.78, 5) is 21.3. The first kappa shape index (κ1) is 14.4. The largest absolute Gasteiger partial charge is 0.478 e. The number of hydrogen-bond acceptors (Lipinski definition) is 4.